The van der Waals surface area contributed by atoms with E-state index in [9.17, 15) is 0 Å². The van der Waals surface area contributed by atoms with Gasteiger partial charge in [0.2, 0.25) is 0 Å². The summed E-state index contributed by atoms with van der Waals surface area (Å²) in [6.07, 6.45) is -0.0394. The van der Waals surface area contributed by atoms with Crippen molar-refractivity contribution >= 4 is 17.4 Å². The second-order valence-corrected chi connectivity index (χ2v) is 2.40. The fourth-order valence-corrected chi connectivity index (χ4v) is 0.413. The van der Waals surface area contributed by atoms with Crippen LogP contribution in [0.3, 0.4) is 0 Å². The Labute approximate surface area is 60.8 Å². The van der Waals surface area contributed by atoms with Crippen molar-refractivity contribution in [3.05, 3.63) is 0 Å². The van der Waals surface area contributed by atoms with Crippen LogP contribution in [0.4, 0.5) is 0 Å². The Hall–Kier alpha value is -0.350. The van der Waals surface area contributed by atoms with Gasteiger partial charge in [-0.2, -0.15) is 0 Å². The summed E-state index contributed by atoms with van der Waals surface area (Å²) in [5.74, 6) is 0. The van der Waals surface area contributed by atoms with Crippen LogP contribution in [-0.2, 0) is 4.74 Å². The molecule has 3 nitrogen and oxygen atoms in total. The van der Waals surface area contributed by atoms with Crippen molar-refractivity contribution in [3.8, 4) is 0 Å². The van der Waals surface area contributed by atoms with Gasteiger partial charge in [-0.1, -0.05) is 0 Å². The summed E-state index contributed by atoms with van der Waals surface area (Å²) < 4.78 is 4.95. The van der Waals surface area contributed by atoms with Crippen LogP contribution in [-0.4, -0.2) is 30.4 Å². The molecule has 0 radical (unpaired) electrons. The maximum Gasteiger partial charge on any atom is 0.255 e. The fraction of sp³-hybridized carbons (Fsp3) is 0.800. The molecular formula is C5H12N2OS. The Morgan fingerprint density at radius 1 is 1.67 bits per heavy atom. The van der Waals surface area contributed by atoms with Gasteiger partial charge in [0.1, 0.15) is 0 Å². The zero-order valence-electron chi connectivity index (χ0n) is 5.92. The average molecular weight is 148 g/mol. The molecule has 0 saturated heterocycles. The number of thiocarbonyl (C=S) groups is 1. The molecule has 0 aromatic rings. The van der Waals surface area contributed by atoms with Crippen molar-refractivity contribution < 1.29 is 4.74 Å². The van der Waals surface area contributed by atoms with Crippen LogP contribution in [0.1, 0.15) is 6.92 Å². The van der Waals surface area contributed by atoms with Gasteiger partial charge >= 0.3 is 0 Å². The van der Waals surface area contributed by atoms with E-state index < -0.39 is 0 Å². The molecule has 1 unspecified atom stereocenters. The van der Waals surface area contributed by atoms with Gasteiger partial charge < -0.3 is 10.5 Å². The molecule has 0 heterocycles. The molecule has 0 bridgehead atoms. The molecule has 2 N–H and O–H groups in total. The van der Waals surface area contributed by atoms with Gasteiger partial charge in [0, 0.05) is 0 Å². The maximum absolute atomic E-state index is 5.11. The Balaban J connectivity index is 3.50. The van der Waals surface area contributed by atoms with Crippen molar-refractivity contribution in [1.82, 2.24) is 4.90 Å². The van der Waals surface area contributed by atoms with Crippen molar-refractivity contribution in [2.45, 2.75) is 13.2 Å². The van der Waals surface area contributed by atoms with Gasteiger partial charge in [-0.15, -0.1) is 0 Å². The van der Waals surface area contributed by atoms with E-state index in [2.05, 4.69) is 12.2 Å². The van der Waals surface area contributed by atoms with Crippen LogP contribution in [0.15, 0.2) is 0 Å². The molecule has 54 valence electrons. The highest BCUT2D eigenvalue weighted by Crippen LogP contribution is 1.92. The highest BCUT2D eigenvalue weighted by molar-refractivity contribution is 7.80. The van der Waals surface area contributed by atoms with Crippen molar-refractivity contribution in [1.29, 1.82) is 0 Å². The van der Waals surface area contributed by atoms with Crippen LogP contribution in [0, 0.1) is 0 Å². The van der Waals surface area contributed by atoms with E-state index in [0.717, 1.165) is 0 Å². The van der Waals surface area contributed by atoms with E-state index in [-0.39, 0.29) is 11.4 Å². The lowest BCUT2D eigenvalue weighted by Crippen LogP contribution is -2.31. The normalized spacial score (nSPS) is 13.3. The summed E-state index contributed by atoms with van der Waals surface area (Å²) in [4.78, 5) is 1.87. The minimum absolute atomic E-state index is 0.0394. The molecule has 0 fully saturated rings. The Morgan fingerprint density at radius 3 is 2.22 bits per heavy atom. The van der Waals surface area contributed by atoms with E-state index in [4.69, 9.17) is 10.5 Å². The predicted octanol–water partition coefficient (Wildman–Crippen LogP) is 0.154. The number of ether oxygens (including phenoxy) is 1. The molecule has 4 heteroatoms. The van der Waals surface area contributed by atoms with Gasteiger partial charge in [0.25, 0.3) is 5.17 Å². The summed E-state index contributed by atoms with van der Waals surface area (Å²) in [5.41, 5.74) is 5.11. The van der Waals surface area contributed by atoms with E-state index in [1.165, 1.54) is 0 Å². The number of nitrogens with two attached hydrogens (primary N) is 1. The molecule has 9 heavy (non-hydrogen) atoms. The fourth-order valence-electron chi connectivity index (χ4n) is 0.274. The van der Waals surface area contributed by atoms with Crippen LogP contribution in [0.2, 0.25) is 0 Å². The molecule has 1 atom stereocenters. The number of hydrogen-bond donors (Lipinski definition) is 1. The van der Waals surface area contributed by atoms with E-state index in [0.29, 0.717) is 0 Å². The smallest absolute Gasteiger partial charge is 0.255 e. The van der Waals surface area contributed by atoms with Crippen molar-refractivity contribution in [2.75, 3.05) is 14.1 Å². The number of nitrogens with zero attached hydrogens (tertiary/aromatic N) is 1. The van der Waals surface area contributed by atoms with Crippen molar-refractivity contribution in [3.63, 3.8) is 0 Å². The Bertz CT molecular complexity index is 105. The molecule has 0 rings (SSSR count). The molecule has 0 aliphatic carbocycles. The van der Waals surface area contributed by atoms with Gasteiger partial charge in [-0.25, -0.2) is 0 Å². The number of hydrogen-bond acceptors (Lipinski definition) is 3. The third kappa shape index (κ3) is 4.17. The van der Waals surface area contributed by atoms with Gasteiger partial charge in [0.15, 0.2) is 6.23 Å². The minimum atomic E-state index is -0.0394. The number of rotatable bonds is 2. The first kappa shape index (κ1) is 8.65. The second kappa shape index (κ2) is 3.63. The standard InChI is InChI=1S/C5H12N2OS/c1-4(7(2)3)8-5(6)9/h4H,1-3H3,(H2,6,9). The van der Waals surface area contributed by atoms with E-state index >= 15 is 0 Å². The average Bonchev–Trinajstić information content (AvgIpc) is 1.63. The van der Waals surface area contributed by atoms with Gasteiger partial charge in [0.05, 0.1) is 0 Å². The molecule has 0 aromatic heterocycles. The van der Waals surface area contributed by atoms with Crippen LogP contribution >= 0.6 is 12.2 Å². The Morgan fingerprint density at radius 2 is 2.11 bits per heavy atom. The third-order valence-electron chi connectivity index (χ3n) is 1.01. The van der Waals surface area contributed by atoms with Gasteiger partial charge in [-0.3, -0.25) is 4.90 Å². The quantitative estimate of drug-likeness (QED) is 0.447. The van der Waals surface area contributed by atoms with Gasteiger partial charge in [-0.05, 0) is 33.2 Å². The molecule has 0 saturated carbocycles. The van der Waals surface area contributed by atoms with E-state index in [1.807, 2.05) is 25.9 Å². The SMILES string of the molecule is CC(OC(N)=S)N(C)C. The first-order valence-electron chi connectivity index (χ1n) is 2.66. The lowest BCUT2D eigenvalue weighted by Gasteiger charge is -2.19. The molecule has 0 spiro atoms. The molecule has 0 aromatic carbocycles. The topological polar surface area (TPSA) is 38.5 Å². The summed E-state index contributed by atoms with van der Waals surface area (Å²) in [5, 5.41) is 0.0937. The monoisotopic (exact) mass is 148 g/mol. The first-order chi connectivity index (χ1) is 4.04. The largest absolute Gasteiger partial charge is 0.452 e. The second-order valence-electron chi connectivity index (χ2n) is 2.00. The highest BCUT2D eigenvalue weighted by atomic mass is 32.1. The summed E-state index contributed by atoms with van der Waals surface area (Å²) >= 11 is 4.52. The molecule has 0 aliphatic rings. The first-order valence-corrected chi connectivity index (χ1v) is 3.07. The molecule has 0 amide bonds. The van der Waals surface area contributed by atoms with Crippen molar-refractivity contribution in [2.24, 2.45) is 5.73 Å². The predicted molar refractivity (Wildman–Crippen MR) is 41.0 cm³/mol. The minimum Gasteiger partial charge on any atom is -0.452 e. The maximum atomic E-state index is 5.11. The molecule has 0 aliphatic heterocycles. The lowest BCUT2D eigenvalue weighted by atomic mass is 10.6. The lowest BCUT2D eigenvalue weighted by molar-refractivity contribution is 0.0721. The van der Waals surface area contributed by atoms with Crippen LogP contribution in [0.25, 0.3) is 0 Å². The summed E-state index contributed by atoms with van der Waals surface area (Å²) in [6, 6.07) is 0. The summed E-state index contributed by atoms with van der Waals surface area (Å²) in [7, 11) is 3.78. The zero-order valence-corrected chi connectivity index (χ0v) is 6.73. The van der Waals surface area contributed by atoms with Crippen LogP contribution in [0.5, 0.6) is 0 Å². The zero-order chi connectivity index (χ0) is 7.44. The third-order valence-corrected chi connectivity index (χ3v) is 1.11. The van der Waals surface area contributed by atoms with Crippen LogP contribution < -0.4 is 5.73 Å². The van der Waals surface area contributed by atoms with E-state index in [1.54, 1.807) is 0 Å². The molecular weight excluding hydrogens is 136 g/mol. The highest BCUT2D eigenvalue weighted by Gasteiger charge is 2.03. The Kier molecular flexibility index (Phi) is 3.49. The summed E-state index contributed by atoms with van der Waals surface area (Å²) in [6.45, 7) is 1.87.